The number of rotatable bonds is 14. The van der Waals surface area contributed by atoms with Gasteiger partial charge < -0.3 is 9.57 Å². The number of aryl methyl sites for hydroxylation is 1. The molecule has 0 amide bonds. The van der Waals surface area contributed by atoms with Crippen LogP contribution >= 0.6 is 19.6 Å². The fraction of sp³-hybridized carbons (Fsp3) is 0.400. The van der Waals surface area contributed by atoms with Crippen molar-refractivity contribution in [2.24, 2.45) is 5.90 Å². The van der Waals surface area contributed by atoms with Gasteiger partial charge in [0.2, 0.25) is 0 Å². The predicted octanol–water partition coefficient (Wildman–Crippen LogP) is 4.73. The third-order valence-electron chi connectivity index (χ3n) is 3.69. The summed E-state index contributed by atoms with van der Waals surface area (Å²) in [7, 11) is -3.59. The summed E-state index contributed by atoms with van der Waals surface area (Å²) >= 11 is 1.57. The molecule has 7 nitrogen and oxygen atoms in total. The molecule has 29 heavy (non-hydrogen) atoms. The zero-order valence-corrected chi connectivity index (χ0v) is 18.5. The molecule has 1 atom stereocenters. The Labute approximate surface area is 176 Å². The van der Waals surface area contributed by atoms with Crippen LogP contribution in [0.5, 0.6) is 5.75 Å². The number of phosphoric acid groups is 1. The van der Waals surface area contributed by atoms with Gasteiger partial charge in [-0.05, 0) is 43.7 Å². The molecular formula is C20H28NO6PS. The Hall–Kier alpha value is -1.38. The smallest absolute Gasteiger partial charge is 0.474 e. The number of ether oxygens (including phenoxy) is 1. The van der Waals surface area contributed by atoms with E-state index in [1.54, 1.807) is 18.7 Å². The maximum absolute atomic E-state index is 12.4. The standard InChI is InChI=1S/C20H28NO6PS/c1-3-25-28(22,26-13-12-24-21)27-14-15-29-20-10-8-19(9-11-20)23-16-18-6-4-17(2)5-7-18/h4-11H,3,12-16,21H2,1-2H3. The van der Waals surface area contributed by atoms with Crippen LogP contribution in [0.25, 0.3) is 0 Å². The third kappa shape index (κ3) is 9.31. The largest absolute Gasteiger partial charge is 0.489 e. The van der Waals surface area contributed by atoms with Crippen LogP contribution < -0.4 is 10.6 Å². The van der Waals surface area contributed by atoms with Crippen molar-refractivity contribution in [1.82, 2.24) is 0 Å². The van der Waals surface area contributed by atoms with Gasteiger partial charge in [-0.15, -0.1) is 11.8 Å². The number of nitrogens with two attached hydrogens (primary N) is 1. The Bertz CT molecular complexity index is 757. The monoisotopic (exact) mass is 441 g/mol. The van der Waals surface area contributed by atoms with Gasteiger partial charge in [-0.1, -0.05) is 29.8 Å². The topological polar surface area (TPSA) is 89.2 Å². The van der Waals surface area contributed by atoms with E-state index in [9.17, 15) is 4.57 Å². The van der Waals surface area contributed by atoms with E-state index in [0.717, 1.165) is 16.2 Å². The van der Waals surface area contributed by atoms with Crippen LogP contribution in [0.1, 0.15) is 18.1 Å². The fourth-order valence-corrected chi connectivity index (χ4v) is 4.27. The summed E-state index contributed by atoms with van der Waals surface area (Å²) in [4.78, 5) is 5.44. The maximum Gasteiger partial charge on any atom is 0.474 e. The highest BCUT2D eigenvalue weighted by atomic mass is 32.2. The molecule has 2 aromatic rings. The van der Waals surface area contributed by atoms with Crippen LogP contribution in [0, 0.1) is 6.92 Å². The normalized spacial score (nSPS) is 13.2. The highest BCUT2D eigenvalue weighted by Crippen LogP contribution is 2.49. The SMILES string of the molecule is CCOP(=O)(OCCON)OCCSc1ccc(OCc2ccc(C)cc2)cc1. The first-order valence-corrected chi connectivity index (χ1v) is 11.8. The van der Waals surface area contributed by atoms with Gasteiger partial charge in [0.15, 0.2) is 0 Å². The van der Waals surface area contributed by atoms with Crippen molar-refractivity contribution in [3.8, 4) is 5.75 Å². The molecule has 0 aliphatic heterocycles. The van der Waals surface area contributed by atoms with Crippen LogP contribution in [-0.2, 0) is 29.6 Å². The highest BCUT2D eigenvalue weighted by molar-refractivity contribution is 7.99. The lowest BCUT2D eigenvalue weighted by molar-refractivity contribution is 0.0684. The van der Waals surface area contributed by atoms with E-state index in [1.165, 1.54) is 5.56 Å². The molecule has 0 saturated heterocycles. The minimum absolute atomic E-state index is 0.0327. The molecule has 0 heterocycles. The summed E-state index contributed by atoms with van der Waals surface area (Å²) in [5.74, 6) is 6.32. The lowest BCUT2D eigenvalue weighted by Crippen LogP contribution is -2.10. The first kappa shape index (κ1) is 23.9. The number of benzene rings is 2. The quantitative estimate of drug-likeness (QED) is 0.195. The first-order chi connectivity index (χ1) is 14.0. The number of hydrogen-bond acceptors (Lipinski definition) is 8. The molecule has 0 saturated carbocycles. The Kier molecular flexibility index (Phi) is 10.7. The Balaban J connectivity index is 1.72. The number of phosphoric ester groups is 1. The Morgan fingerprint density at radius 2 is 1.62 bits per heavy atom. The average Bonchev–Trinajstić information content (AvgIpc) is 2.72. The second-order valence-electron chi connectivity index (χ2n) is 6.00. The van der Waals surface area contributed by atoms with Gasteiger partial charge in [-0.25, -0.2) is 10.5 Å². The summed E-state index contributed by atoms with van der Waals surface area (Å²) in [5, 5.41) is 0. The minimum Gasteiger partial charge on any atom is -0.489 e. The zero-order chi connectivity index (χ0) is 21.0. The van der Waals surface area contributed by atoms with E-state index >= 15 is 0 Å². The lowest BCUT2D eigenvalue weighted by atomic mass is 10.2. The van der Waals surface area contributed by atoms with Crippen molar-refractivity contribution in [3.05, 3.63) is 59.7 Å². The summed E-state index contributed by atoms with van der Waals surface area (Å²) in [6.45, 7) is 4.89. The van der Waals surface area contributed by atoms with Gasteiger partial charge >= 0.3 is 7.82 Å². The summed E-state index contributed by atoms with van der Waals surface area (Å²) in [6, 6.07) is 16.1. The van der Waals surface area contributed by atoms with Crippen LogP contribution in [-0.4, -0.2) is 32.2 Å². The Morgan fingerprint density at radius 3 is 2.28 bits per heavy atom. The van der Waals surface area contributed by atoms with Gasteiger partial charge in [0, 0.05) is 10.6 Å². The molecule has 0 aliphatic rings. The summed E-state index contributed by atoms with van der Waals surface area (Å²) in [6.07, 6.45) is 0. The molecular weight excluding hydrogens is 413 g/mol. The predicted molar refractivity (Wildman–Crippen MR) is 114 cm³/mol. The van der Waals surface area contributed by atoms with Crippen molar-refractivity contribution >= 4 is 19.6 Å². The molecule has 0 aromatic heterocycles. The number of thioether (sulfide) groups is 1. The van der Waals surface area contributed by atoms with E-state index in [4.69, 9.17) is 24.2 Å². The van der Waals surface area contributed by atoms with Crippen LogP contribution in [0.4, 0.5) is 0 Å². The maximum atomic E-state index is 12.4. The van der Waals surface area contributed by atoms with E-state index in [0.29, 0.717) is 12.4 Å². The molecule has 160 valence electrons. The van der Waals surface area contributed by atoms with Crippen LogP contribution in [0.15, 0.2) is 53.4 Å². The van der Waals surface area contributed by atoms with Gasteiger partial charge in [-0.2, -0.15) is 0 Å². The molecule has 0 spiro atoms. The van der Waals surface area contributed by atoms with Crippen molar-refractivity contribution in [2.75, 3.05) is 32.2 Å². The average molecular weight is 441 g/mol. The van der Waals surface area contributed by atoms with Gasteiger partial charge in [-0.3, -0.25) is 13.6 Å². The van der Waals surface area contributed by atoms with Gasteiger partial charge in [0.1, 0.15) is 12.4 Å². The van der Waals surface area contributed by atoms with E-state index in [1.807, 2.05) is 24.3 Å². The molecule has 2 rings (SSSR count). The molecule has 0 radical (unpaired) electrons. The molecule has 2 aromatic carbocycles. The molecule has 0 fully saturated rings. The molecule has 0 aliphatic carbocycles. The first-order valence-electron chi connectivity index (χ1n) is 9.31. The molecule has 1 unspecified atom stereocenters. The third-order valence-corrected chi connectivity index (χ3v) is 6.24. The van der Waals surface area contributed by atoms with Crippen LogP contribution in [0.2, 0.25) is 0 Å². The van der Waals surface area contributed by atoms with Crippen LogP contribution in [0.3, 0.4) is 0 Å². The van der Waals surface area contributed by atoms with Gasteiger partial charge in [0.05, 0.1) is 26.4 Å². The lowest BCUT2D eigenvalue weighted by Gasteiger charge is -2.16. The number of hydrogen-bond donors (Lipinski definition) is 1. The van der Waals surface area contributed by atoms with Crippen molar-refractivity contribution in [3.63, 3.8) is 0 Å². The van der Waals surface area contributed by atoms with E-state index in [2.05, 4.69) is 36.0 Å². The zero-order valence-electron chi connectivity index (χ0n) is 16.7. The summed E-state index contributed by atoms with van der Waals surface area (Å²) in [5.41, 5.74) is 2.36. The fourth-order valence-electron chi connectivity index (χ4n) is 2.26. The van der Waals surface area contributed by atoms with E-state index < -0.39 is 7.82 Å². The van der Waals surface area contributed by atoms with E-state index in [-0.39, 0.29) is 26.4 Å². The molecule has 9 heteroatoms. The second kappa shape index (κ2) is 13.0. The highest BCUT2D eigenvalue weighted by Gasteiger charge is 2.25. The summed E-state index contributed by atoms with van der Waals surface area (Å²) < 4.78 is 33.7. The van der Waals surface area contributed by atoms with Crippen molar-refractivity contribution < 1.29 is 27.7 Å². The Morgan fingerprint density at radius 1 is 0.931 bits per heavy atom. The second-order valence-corrected chi connectivity index (χ2v) is 8.83. The molecule has 2 N–H and O–H groups in total. The van der Waals surface area contributed by atoms with Crippen molar-refractivity contribution in [2.45, 2.75) is 25.3 Å². The van der Waals surface area contributed by atoms with Crippen molar-refractivity contribution in [1.29, 1.82) is 0 Å². The molecule has 0 bridgehead atoms. The van der Waals surface area contributed by atoms with Gasteiger partial charge in [0.25, 0.3) is 0 Å². The minimum atomic E-state index is -3.59.